The van der Waals surface area contributed by atoms with Crippen LogP contribution in [0.2, 0.25) is 0 Å². The summed E-state index contributed by atoms with van der Waals surface area (Å²) in [5.74, 6) is -0.205. The Kier molecular flexibility index (Phi) is 2.63. The average Bonchev–Trinajstić information content (AvgIpc) is 1.88. The summed E-state index contributed by atoms with van der Waals surface area (Å²) in [7, 11) is 0. The van der Waals surface area contributed by atoms with Crippen molar-refractivity contribution in [1.82, 2.24) is 0 Å². The van der Waals surface area contributed by atoms with Crippen molar-refractivity contribution in [3.8, 4) is 0 Å². The van der Waals surface area contributed by atoms with Crippen LogP contribution in [0.15, 0.2) is 29.3 Å². The molecular weight excluding hydrogens is 195 g/mol. The van der Waals surface area contributed by atoms with Crippen LogP contribution in [0.4, 0.5) is 4.39 Å². The Morgan fingerprint density at radius 2 is 2.20 bits per heavy atom. The van der Waals surface area contributed by atoms with Gasteiger partial charge in [-0.15, -0.1) is 0 Å². The largest absolute Gasteiger partial charge is 0.207 e. The lowest BCUT2D eigenvalue weighted by atomic mass is 10.2. The van der Waals surface area contributed by atoms with Gasteiger partial charge in [-0.3, -0.25) is 0 Å². The first-order valence-corrected chi connectivity index (χ1v) is 3.77. The first kappa shape index (κ1) is 7.48. The van der Waals surface area contributed by atoms with Crippen molar-refractivity contribution >= 4 is 22.0 Å². The Morgan fingerprint density at radius 3 is 2.80 bits per heavy atom. The van der Waals surface area contributed by atoms with E-state index >= 15 is 0 Å². The van der Waals surface area contributed by atoms with Crippen molar-refractivity contribution in [3.05, 3.63) is 40.6 Å². The zero-order valence-corrected chi connectivity index (χ0v) is 6.81. The number of benzene rings is 1. The molecule has 0 aliphatic heterocycles. The molecule has 0 spiro atoms. The predicted molar refractivity (Wildman–Crippen MR) is 44.4 cm³/mol. The standard InChI is InChI=1S/C8H6BrF/c9-5-4-7-2-1-3-8(10)6-7/h1-6H. The second-order valence-electron chi connectivity index (χ2n) is 1.85. The minimum atomic E-state index is -0.205. The smallest absolute Gasteiger partial charge is 0.123 e. The molecule has 52 valence electrons. The van der Waals surface area contributed by atoms with Crippen LogP contribution in [-0.2, 0) is 0 Å². The van der Waals surface area contributed by atoms with Gasteiger partial charge in [-0.1, -0.05) is 28.1 Å². The van der Waals surface area contributed by atoms with E-state index in [9.17, 15) is 4.39 Å². The lowest BCUT2D eigenvalue weighted by Gasteiger charge is -1.90. The van der Waals surface area contributed by atoms with E-state index in [4.69, 9.17) is 0 Å². The van der Waals surface area contributed by atoms with Crippen molar-refractivity contribution in [2.24, 2.45) is 0 Å². The maximum atomic E-state index is 12.4. The van der Waals surface area contributed by atoms with Gasteiger partial charge < -0.3 is 0 Å². The topological polar surface area (TPSA) is 0 Å². The molecule has 0 aliphatic rings. The molecule has 10 heavy (non-hydrogen) atoms. The highest BCUT2D eigenvalue weighted by Gasteiger charge is 1.87. The van der Waals surface area contributed by atoms with Gasteiger partial charge in [-0.05, 0) is 28.8 Å². The van der Waals surface area contributed by atoms with Crippen LogP contribution < -0.4 is 0 Å². The lowest BCUT2D eigenvalue weighted by Crippen LogP contribution is -1.73. The summed E-state index contributed by atoms with van der Waals surface area (Å²) in [6.07, 6.45) is 1.78. The Morgan fingerprint density at radius 1 is 1.40 bits per heavy atom. The highest BCUT2D eigenvalue weighted by molar-refractivity contribution is 9.11. The van der Waals surface area contributed by atoms with Crippen molar-refractivity contribution in [2.75, 3.05) is 0 Å². The lowest BCUT2D eigenvalue weighted by molar-refractivity contribution is 0.627. The van der Waals surface area contributed by atoms with Gasteiger partial charge in [0.05, 0.1) is 0 Å². The first-order valence-electron chi connectivity index (χ1n) is 2.85. The fourth-order valence-corrected chi connectivity index (χ4v) is 0.988. The molecular formula is C8H6BrF. The van der Waals surface area contributed by atoms with Crippen LogP contribution in [0.5, 0.6) is 0 Å². The minimum Gasteiger partial charge on any atom is -0.207 e. The van der Waals surface area contributed by atoms with E-state index in [0.717, 1.165) is 5.56 Å². The van der Waals surface area contributed by atoms with Crippen LogP contribution in [0.1, 0.15) is 5.56 Å². The van der Waals surface area contributed by atoms with E-state index in [1.807, 2.05) is 6.07 Å². The van der Waals surface area contributed by atoms with Gasteiger partial charge in [-0.25, -0.2) is 4.39 Å². The molecule has 2 heteroatoms. The van der Waals surface area contributed by atoms with Crippen LogP contribution in [0.3, 0.4) is 0 Å². The Bertz CT molecular complexity index is 243. The van der Waals surface area contributed by atoms with E-state index in [0.29, 0.717) is 0 Å². The SMILES string of the molecule is Fc1cccc(C=CBr)c1. The molecule has 0 nitrogen and oxygen atoms in total. The molecule has 0 atom stereocenters. The molecule has 0 unspecified atom stereocenters. The second kappa shape index (κ2) is 3.52. The fraction of sp³-hybridized carbons (Fsp3) is 0. The first-order chi connectivity index (χ1) is 4.83. The summed E-state index contributed by atoms with van der Waals surface area (Å²) in [6, 6.07) is 6.40. The number of halogens is 2. The fourth-order valence-electron chi connectivity index (χ4n) is 0.683. The Hall–Kier alpha value is -0.630. The molecule has 1 aromatic rings. The predicted octanol–water partition coefficient (Wildman–Crippen LogP) is 3.19. The molecule has 1 aromatic carbocycles. The quantitative estimate of drug-likeness (QED) is 0.654. The summed E-state index contributed by atoms with van der Waals surface area (Å²) in [6.45, 7) is 0. The third kappa shape index (κ3) is 1.95. The van der Waals surface area contributed by atoms with Gasteiger partial charge >= 0.3 is 0 Å². The monoisotopic (exact) mass is 200 g/mol. The molecule has 0 aromatic heterocycles. The van der Waals surface area contributed by atoms with Crippen molar-refractivity contribution in [3.63, 3.8) is 0 Å². The normalized spacial score (nSPS) is 10.6. The molecule has 0 amide bonds. The zero-order valence-electron chi connectivity index (χ0n) is 5.22. The van der Waals surface area contributed by atoms with Crippen LogP contribution in [0, 0.1) is 5.82 Å². The maximum Gasteiger partial charge on any atom is 0.123 e. The molecule has 0 bridgehead atoms. The highest BCUT2D eigenvalue weighted by atomic mass is 79.9. The van der Waals surface area contributed by atoms with Gasteiger partial charge in [0.15, 0.2) is 0 Å². The Labute approximate surface area is 67.5 Å². The van der Waals surface area contributed by atoms with E-state index < -0.39 is 0 Å². The molecule has 0 N–H and O–H groups in total. The summed E-state index contributed by atoms with van der Waals surface area (Å²) in [5.41, 5.74) is 0.858. The van der Waals surface area contributed by atoms with E-state index in [-0.39, 0.29) is 5.82 Å². The second-order valence-corrected chi connectivity index (χ2v) is 2.38. The van der Waals surface area contributed by atoms with Crippen LogP contribution in [-0.4, -0.2) is 0 Å². The molecule has 0 fully saturated rings. The third-order valence-corrected chi connectivity index (χ3v) is 1.37. The summed E-state index contributed by atoms with van der Waals surface area (Å²) >= 11 is 3.11. The Balaban J connectivity index is 2.95. The molecule has 0 aliphatic carbocycles. The van der Waals surface area contributed by atoms with Gasteiger partial charge in [0.25, 0.3) is 0 Å². The van der Waals surface area contributed by atoms with Crippen LogP contribution in [0.25, 0.3) is 6.08 Å². The summed E-state index contributed by atoms with van der Waals surface area (Å²) < 4.78 is 12.4. The van der Waals surface area contributed by atoms with E-state index in [1.165, 1.54) is 12.1 Å². The molecule has 0 heterocycles. The minimum absolute atomic E-state index is 0.205. The molecule has 0 saturated carbocycles. The number of hydrogen-bond acceptors (Lipinski definition) is 0. The summed E-state index contributed by atoms with van der Waals surface area (Å²) in [4.78, 5) is 1.70. The van der Waals surface area contributed by atoms with E-state index in [2.05, 4.69) is 15.9 Å². The zero-order chi connectivity index (χ0) is 7.40. The van der Waals surface area contributed by atoms with Crippen LogP contribution >= 0.6 is 15.9 Å². The van der Waals surface area contributed by atoms with Gasteiger partial charge in [0.2, 0.25) is 0 Å². The number of rotatable bonds is 1. The molecule has 0 saturated heterocycles. The van der Waals surface area contributed by atoms with E-state index in [1.54, 1.807) is 17.1 Å². The van der Waals surface area contributed by atoms with Crippen molar-refractivity contribution < 1.29 is 4.39 Å². The van der Waals surface area contributed by atoms with Gasteiger partial charge in [0.1, 0.15) is 5.82 Å². The van der Waals surface area contributed by atoms with Crippen molar-refractivity contribution in [2.45, 2.75) is 0 Å². The van der Waals surface area contributed by atoms with Gasteiger partial charge in [0, 0.05) is 0 Å². The third-order valence-electron chi connectivity index (χ3n) is 1.10. The van der Waals surface area contributed by atoms with Crippen molar-refractivity contribution in [1.29, 1.82) is 0 Å². The number of hydrogen-bond donors (Lipinski definition) is 0. The average molecular weight is 201 g/mol. The summed E-state index contributed by atoms with van der Waals surface area (Å²) in [5, 5.41) is 0. The molecule has 1 rings (SSSR count). The maximum absolute atomic E-state index is 12.4. The van der Waals surface area contributed by atoms with Gasteiger partial charge in [-0.2, -0.15) is 0 Å². The highest BCUT2D eigenvalue weighted by Crippen LogP contribution is 2.05. The molecule has 0 radical (unpaired) electrons.